The first-order valence-electron chi connectivity index (χ1n) is 11.2. The molecular weight excluding hydrogens is 501 g/mol. The second-order valence-corrected chi connectivity index (χ2v) is 8.09. The highest BCUT2D eigenvalue weighted by Gasteiger charge is 2.14. The lowest BCUT2D eigenvalue weighted by molar-refractivity contribution is 0.594. The van der Waals surface area contributed by atoms with E-state index in [9.17, 15) is 0 Å². The van der Waals surface area contributed by atoms with Crippen LogP contribution in [-0.2, 0) is 25.8 Å². The summed E-state index contributed by atoms with van der Waals surface area (Å²) in [6, 6.07) is 6.45. The molecule has 168 valence electrons. The number of para-hydroxylation sites is 1. The van der Waals surface area contributed by atoms with Gasteiger partial charge in [0.2, 0.25) is 0 Å². The molecule has 8 heteroatoms. The van der Waals surface area contributed by atoms with Crippen molar-refractivity contribution in [2.75, 3.05) is 20.1 Å². The van der Waals surface area contributed by atoms with Gasteiger partial charge in [-0.15, -0.1) is 34.2 Å². The Kier molecular flexibility index (Phi) is 8.74. The molecule has 1 aromatic carbocycles. The van der Waals surface area contributed by atoms with Gasteiger partial charge in [-0.25, -0.2) is 0 Å². The van der Waals surface area contributed by atoms with Crippen LogP contribution in [0.5, 0.6) is 0 Å². The number of aryl methyl sites for hydroxylation is 3. The molecule has 0 spiro atoms. The number of aromatic nitrogens is 4. The van der Waals surface area contributed by atoms with Crippen LogP contribution in [0.15, 0.2) is 29.4 Å². The monoisotopic (exact) mass is 535 g/mol. The average Bonchev–Trinajstić information content (AvgIpc) is 3.27. The van der Waals surface area contributed by atoms with Gasteiger partial charge >= 0.3 is 0 Å². The lowest BCUT2D eigenvalue weighted by Crippen LogP contribution is -2.38. The molecular formula is C23H34IN7. The molecule has 1 aliphatic rings. The third-order valence-electron chi connectivity index (χ3n) is 5.98. The summed E-state index contributed by atoms with van der Waals surface area (Å²) in [5.41, 5.74) is 3.86. The first-order chi connectivity index (χ1) is 14.8. The van der Waals surface area contributed by atoms with Crippen LogP contribution in [0.1, 0.15) is 48.5 Å². The smallest absolute Gasteiger partial charge is 0.190 e. The predicted octanol–water partition coefficient (Wildman–Crippen LogP) is 3.75. The number of hydrogen-bond donors (Lipinski definition) is 3. The lowest BCUT2D eigenvalue weighted by Gasteiger charge is -2.12. The Bertz CT molecular complexity index is 1000. The fourth-order valence-electron chi connectivity index (χ4n) is 4.29. The van der Waals surface area contributed by atoms with E-state index in [4.69, 9.17) is 0 Å². The molecule has 3 N–H and O–H groups in total. The van der Waals surface area contributed by atoms with E-state index < -0.39 is 0 Å². The fourth-order valence-corrected chi connectivity index (χ4v) is 4.29. The molecule has 7 nitrogen and oxygen atoms in total. The maximum atomic E-state index is 4.42. The molecule has 0 atom stereocenters. The van der Waals surface area contributed by atoms with Crippen LogP contribution in [0.3, 0.4) is 0 Å². The second kappa shape index (κ2) is 11.5. The zero-order valence-corrected chi connectivity index (χ0v) is 20.9. The number of nitrogens with zero attached hydrogens (tertiary/aromatic N) is 4. The highest BCUT2D eigenvalue weighted by molar-refractivity contribution is 14.0. The second-order valence-electron chi connectivity index (χ2n) is 8.09. The van der Waals surface area contributed by atoms with Crippen molar-refractivity contribution >= 4 is 40.8 Å². The van der Waals surface area contributed by atoms with Gasteiger partial charge in [0.1, 0.15) is 11.6 Å². The summed E-state index contributed by atoms with van der Waals surface area (Å²) in [5, 5.41) is 17.0. The molecule has 4 rings (SSSR count). The third kappa shape index (κ3) is 5.78. The van der Waals surface area contributed by atoms with Crippen molar-refractivity contribution in [3.8, 4) is 0 Å². The molecule has 31 heavy (non-hydrogen) atoms. The number of hydrogen-bond acceptors (Lipinski definition) is 3. The summed E-state index contributed by atoms with van der Waals surface area (Å²) >= 11 is 0. The van der Waals surface area contributed by atoms with Crippen molar-refractivity contribution in [3.63, 3.8) is 0 Å². The van der Waals surface area contributed by atoms with E-state index >= 15 is 0 Å². The van der Waals surface area contributed by atoms with Gasteiger partial charge in [0.25, 0.3) is 0 Å². The van der Waals surface area contributed by atoms with Gasteiger partial charge in [-0.1, -0.05) is 24.6 Å². The zero-order valence-electron chi connectivity index (χ0n) is 18.6. The molecule has 0 aliphatic carbocycles. The van der Waals surface area contributed by atoms with Crippen molar-refractivity contribution in [1.29, 1.82) is 0 Å². The van der Waals surface area contributed by atoms with Crippen LogP contribution < -0.4 is 10.6 Å². The van der Waals surface area contributed by atoms with Gasteiger partial charge in [-0.05, 0) is 43.7 Å². The van der Waals surface area contributed by atoms with Crippen LogP contribution in [0.4, 0.5) is 0 Å². The van der Waals surface area contributed by atoms with Crippen molar-refractivity contribution in [2.24, 2.45) is 4.99 Å². The number of nitrogens with one attached hydrogen (secondary N) is 3. The summed E-state index contributed by atoms with van der Waals surface area (Å²) in [6.07, 6.45) is 9.88. The number of aromatic amines is 1. The van der Waals surface area contributed by atoms with Crippen LogP contribution in [0.25, 0.3) is 10.9 Å². The van der Waals surface area contributed by atoms with Gasteiger partial charge in [-0.2, -0.15) is 0 Å². The number of aliphatic imine (C=N–C) groups is 1. The summed E-state index contributed by atoms with van der Waals surface area (Å²) in [5.74, 6) is 3.15. The van der Waals surface area contributed by atoms with Crippen molar-refractivity contribution < 1.29 is 0 Å². The number of halogens is 1. The quantitative estimate of drug-likeness (QED) is 0.186. The maximum absolute atomic E-state index is 4.42. The molecule has 0 fully saturated rings. The van der Waals surface area contributed by atoms with E-state index in [-0.39, 0.29) is 24.0 Å². The topological polar surface area (TPSA) is 82.9 Å². The number of guanidine groups is 1. The van der Waals surface area contributed by atoms with E-state index in [2.05, 4.69) is 66.7 Å². The Balaban J connectivity index is 0.00000272. The van der Waals surface area contributed by atoms with E-state index in [1.54, 1.807) is 0 Å². The van der Waals surface area contributed by atoms with Crippen molar-refractivity contribution in [3.05, 3.63) is 47.2 Å². The van der Waals surface area contributed by atoms with Crippen molar-refractivity contribution in [1.82, 2.24) is 30.4 Å². The van der Waals surface area contributed by atoms with E-state index in [0.29, 0.717) is 0 Å². The number of fused-ring (bicyclic) bond motifs is 2. The molecule has 0 radical (unpaired) electrons. The Morgan fingerprint density at radius 1 is 1.13 bits per heavy atom. The largest absolute Gasteiger partial charge is 0.361 e. The van der Waals surface area contributed by atoms with Gasteiger partial charge in [0.15, 0.2) is 5.96 Å². The molecule has 2 aromatic heterocycles. The molecule has 0 bridgehead atoms. The van der Waals surface area contributed by atoms with E-state index in [1.807, 2.05) is 7.05 Å². The summed E-state index contributed by atoms with van der Waals surface area (Å²) < 4.78 is 2.34. The average molecular weight is 535 g/mol. The van der Waals surface area contributed by atoms with Crippen molar-refractivity contribution in [2.45, 2.75) is 58.4 Å². The van der Waals surface area contributed by atoms with Gasteiger partial charge in [0, 0.05) is 56.6 Å². The summed E-state index contributed by atoms with van der Waals surface area (Å²) in [7, 11) is 1.82. The zero-order chi connectivity index (χ0) is 20.8. The highest BCUT2D eigenvalue weighted by atomic mass is 127. The fraction of sp³-hybridized carbons (Fsp3) is 0.522. The summed E-state index contributed by atoms with van der Waals surface area (Å²) in [6.45, 7) is 4.93. The van der Waals surface area contributed by atoms with E-state index in [1.165, 1.54) is 47.1 Å². The molecule has 0 amide bonds. The molecule has 0 saturated carbocycles. The SMILES string of the molecule is CN=C(NCCCc1nnc2n1CCCCC2)NCCc1c[nH]c2c(C)cccc12.I. The first kappa shape index (κ1) is 23.6. The molecule has 0 saturated heterocycles. The lowest BCUT2D eigenvalue weighted by atomic mass is 10.1. The predicted molar refractivity (Wildman–Crippen MR) is 137 cm³/mol. The minimum Gasteiger partial charge on any atom is -0.361 e. The van der Waals surface area contributed by atoms with Gasteiger partial charge in [0.05, 0.1) is 0 Å². The standard InChI is InChI=1S/C23H33N7.HI/c1-17-8-6-9-19-18(16-27-22(17)19)12-14-26-23(24-2)25-13-7-11-21-29-28-20-10-4-3-5-15-30(20)21;/h6,8-9,16,27H,3-5,7,10-15H2,1-2H3,(H2,24,25,26);1H. The first-order valence-corrected chi connectivity index (χ1v) is 11.2. The Morgan fingerprint density at radius 2 is 2.00 bits per heavy atom. The minimum absolute atomic E-state index is 0. The van der Waals surface area contributed by atoms with Crippen LogP contribution >= 0.6 is 24.0 Å². The normalized spacial score (nSPS) is 14.1. The summed E-state index contributed by atoms with van der Waals surface area (Å²) in [4.78, 5) is 7.76. The molecule has 3 aromatic rings. The highest BCUT2D eigenvalue weighted by Crippen LogP contribution is 2.21. The Labute approximate surface area is 201 Å². The van der Waals surface area contributed by atoms with E-state index in [0.717, 1.165) is 57.1 Å². The minimum atomic E-state index is 0. The third-order valence-corrected chi connectivity index (χ3v) is 5.98. The maximum Gasteiger partial charge on any atom is 0.190 e. The van der Waals surface area contributed by atoms with Crippen LogP contribution in [-0.4, -0.2) is 45.8 Å². The number of benzene rings is 1. The number of rotatable bonds is 7. The Hall–Kier alpha value is -2.10. The van der Waals surface area contributed by atoms with Crippen LogP contribution in [0.2, 0.25) is 0 Å². The van der Waals surface area contributed by atoms with Gasteiger partial charge < -0.3 is 20.2 Å². The molecule has 0 unspecified atom stereocenters. The molecule has 3 heterocycles. The van der Waals surface area contributed by atoms with Crippen LogP contribution in [0, 0.1) is 6.92 Å². The van der Waals surface area contributed by atoms with Gasteiger partial charge in [-0.3, -0.25) is 4.99 Å². The Morgan fingerprint density at radius 3 is 2.87 bits per heavy atom. The molecule has 1 aliphatic heterocycles. The number of H-pyrrole nitrogens is 1.